The van der Waals surface area contributed by atoms with E-state index in [1.54, 1.807) is 12.1 Å². The molecular formula is C46H46O4S. The van der Waals surface area contributed by atoms with Gasteiger partial charge in [-0.05, 0) is 105 Å². The van der Waals surface area contributed by atoms with Crippen LogP contribution in [0.2, 0.25) is 0 Å². The van der Waals surface area contributed by atoms with Crippen molar-refractivity contribution in [1.82, 2.24) is 0 Å². The second kappa shape index (κ2) is 13.5. The third-order valence-electron chi connectivity index (χ3n) is 10.1. The molecular weight excluding hydrogens is 649 g/mol. The summed E-state index contributed by atoms with van der Waals surface area (Å²) in [6.45, 7) is 15.8. The van der Waals surface area contributed by atoms with E-state index in [1.807, 2.05) is 12.1 Å². The topological polar surface area (TPSA) is 63.6 Å². The Morgan fingerprint density at radius 3 is 1.08 bits per heavy atom. The van der Waals surface area contributed by atoms with Crippen LogP contribution in [0, 0.1) is 0 Å². The van der Waals surface area contributed by atoms with Crippen LogP contribution in [0.15, 0.2) is 155 Å². The fourth-order valence-corrected chi connectivity index (χ4v) is 7.66. The monoisotopic (exact) mass is 694 g/mol. The molecule has 0 heterocycles. The maximum atomic E-state index is 13.0. The van der Waals surface area contributed by atoms with Crippen LogP contribution < -0.4 is 4.74 Å². The fraction of sp³-hybridized carbons (Fsp3) is 0.217. The van der Waals surface area contributed by atoms with Crippen molar-refractivity contribution in [3.05, 3.63) is 173 Å². The zero-order valence-electron chi connectivity index (χ0n) is 30.4. The van der Waals surface area contributed by atoms with Crippen molar-refractivity contribution < 1.29 is 18.3 Å². The first-order valence-corrected chi connectivity index (χ1v) is 18.8. The SMILES string of the molecule is CC(C)(C)c1ccc(C(C)(C)c2ccc(-c3ccc(C(C)(C)c4ccc(Oc5ccc(S(=O)(=O)c6ccc(O)cc6)cc5)cc4)cc3)cc2)cc1. The van der Waals surface area contributed by atoms with Gasteiger partial charge >= 0.3 is 0 Å². The van der Waals surface area contributed by atoms with Gasteiger partial charge in [-0.3, -0.25) is 0 Å². The van der Waals surface area contributed by atoms with Crippen molar-refractivity contribution in [3.63, 3.8) is 0 Å². The van der Waals surface area contributed by atoms with Gasteiger partial charge in [0.25, 0.3) is 0 Å². The molecule has 6 aromatic rings. The quantitative estimate of drug-likeness (QED) is 0.164. The van der Waals surface area contributed by atoms with Crippen molar-refractivity contribution in [2.24, 2.45) is 0 Å². The number of phenolic OH excluding ortho intramolecular Hbond substituents is 1. The Morgan fingerprint density at radius 2 is 0.706 bits per heavy atom. The third-order valence-corrected chi connectivity index (χ3v) is 11.9. The number of rotatable bonds is 9. The average molecular weight is 695 g/mol. The number of phenols is 1. The molecule has 0 radical (unpaired) electrons. The van der Waals surface area contributed by atoms with Crippen LogP contribution in [0.25, 0.3) is 11.1 Å². The summed E-state index contributed by atoms with van der Waals surface area (Å²) in [5.41, 5.74) is 8.47. The van der Waals surface area contributed by atoms with Gasteiger partial charge < -0.3 is 9.84 Å². The van der Waals surface area contributed by atoms with Crippen molar-refractivity contribution in [2.75, 3.05) is 0 Å². The highest BCUT2D eigenvalue weighted by molar-refractivity contribution is 7.91. The molecule has 260 valence electrons. The number of hydrogen-bond acceptors (Lipinski definition) is 4. The minimum absolute atomic E-state index is 0.0145. The van der Waals surface area contributed by atoms with Crippen LogP contribution in [-0.2, 0) is 26.1 Å². The summed E-state index contributed by atoms with van der Waals surface area (Å²) >= 11 is 0. The van der Waals surface area contributed by atoms with Gasteiger partial charge in [0.2, 0.25) is 9.84 Å². The molecule has 6 rings (SSSR count). The second-order valence-corrected chi connectivity index (χ2v) is 17.3. The summed E-state index contributed by atoms with van der Waals surface area (Å²) in [7, 11) is -3.70. The summed E-state index contributed by atoms with van der Waals surface area (Å²) in [6.07, 6.45) is 0. The summed E-state index contributed by atoms with van der Waals surface area (Å²) < 4.78 is 32.0. The summed E-state index contributed by atoms with van der Waals surface area (Å²) in [5.74, 6) is 1.21. The molecule has 0 saturated heterocycles. The lowest BCUT2D eigenvalue weighted by Crippen LogP contribution is -2.19. The molecule has 0 aliphatic rings. The van der Waals surface area contributed by atoms with Crippen molar-refractivity contribution in [1.29, 1.82) is 0 Å². The Kier molecular flexibility index (Phi) is 9.47. The van der Waals surface area contributed by atoms with Crippen LogP contribution >= 0.6 is 0 Å². The molecule has 0 aliphatic heterocycles. The van der Waals surface area contributed by atoms with Crippen LogP contribution in [0.4, 0.5) is 0 Å². The normalized spacial score (nSPS) is 12.5. The van der Waals surface area contributed by atoms with E-state index >= 15 is 0 Å². The minimum atomic E-state index is -3.70. The van der Waals surface area contributed by atoms with Gasteiger partial charge in [0, 0.05) is 10.8 Å². The maximum absolute atomic E-state index is 13.0. The Hall–Kier alpha value is -5.13. The van der Waals surface area contributed by atoms with E-state index in [0.717, 1.165) is 5.56 Å². The Balaban J connectivity index is 1.11. The van der Waals surface area contributed by atoms with E-state index in [0.29, 0.717) is 11.5 Å². The van der Waals surface area contributed by atoms with Crippen LogP contribution in [-0.4, -0.2) is 13.5 Å². The van der Waals surface area contributed by atoms with E-state index in [1.165, 1.54) is 69.8 Å². The molecule has 0 saturated carbocycles. The smallest absolute Gasteiger partial charge is 0.206 e. The summed E-state index contributed by atoms with van der Waals surface area (Å²) in [5, 5.41) is 9.50. The molecule has 5 heteroatoms. The molecule has 51 heavy (non-hydrogen) atoms. The highest BCUT2D eigenvalue weighted by Gasteiger charge is 2.25. The van der Waals surface area contributed by atoms with Gasteiger partial charge in [-0.25, -0.2) is 8.42 Å². The number of hydrogen-bond donors (Lipinski definition) is 1. The molecule has 0 amide bonds. The highest BCUT2D eigenvalue weighted by Crippen LogP contribution is 2.37. The predicted molar refractivity (Wildman–Crippen MR) is 208 cm³/mol. The Labute approximate surface area is 303 Å². The molecule has 0 fully saturated rings. The molecule has 0 bridgehead atoms. The number of aromatic hydroxyl groups is 1. The largest absolute Gasteiger partial charge is 0.508 e. The number of ether oxygens (including phenoxy) is 1. The average Bonchev–Trinajstić information content (AvgIpc) is 3.12. The molecule has 0 aromatic heterocycles. The van der Waals surface area contributed by atoms with E-state index in [4.69, 9.17) is 4.74 Å². The zero-order valence-corrected chi connectivity index (χ0v) is 31.3. The highest BCUT2D eigenvalue weighted by atomic mass is 32.2. The molecule has 4 nitrogen and oxygen atoms in total. The maximum Gasteiger partial charge on any atom is 0.206 e. The second-order valence-electron chi connectivity index (χ2n) is 15.3. The van der Waals surface area contributed by atoms with Gasteiger partial charge in [-0.15, -0.1) is 0 Å². The first-order chi connectivity index (χ1) is 24.0. The number of sulfone groups is 1. The Morgan fingerprint density at radius 1 is 0.412 bits per heavy atom. The molecule has 1 N–H and O–H groups in total. The molecule has 0 spiro atoms. The summed E-state index contributed by atoms with van der Waals surface area (Å²) in [4.78, 5) is 0.274. The third kappa shape index (κ3) is 7.50. The first kappa shape index (κ1) is 35.7. The lowest BCUT2D eigenvalue weighted by Gasteiger charge is -2.28. The zero-order chi connectivity index (χ0) is 36.6. The molecule has 0 unspecified atom stereocenters. The summed E-state index contributed by atoms with van der Waals surface area (Å²) in [6, 6.07) is 46.7. The van der Waals surface area contributed by atoms with Crippen molar-refractivity contribution in [3.8, 4) is 28.4 Å². The van der Waals surface area contributed by atoms with Gasteiger partial charge in [0.1, 0.15) is 17.2 Å². The van der Waals surface area contributed by atoms with Crippen molar-refractivity contribution in [2.45, 2.75) is 74.5 Å². The predicted octanol–water partition coefficient (Wildman–Crippen LogP) is 11.6. The molecule has 0 aliphatic carbocycles. The van der Waals surface area contributed by atoms with Gasteiger partial charge in [0.05, 0.1) is 9.79 Å². The standard InChI is InChI=1S/C46H46O4S/c1-44(2,3)34-16-18-37(19-17-34)45(4,5)35-12-8-32(9-13-35)33-10-14-36(15-11-33)46(6,7)38-20-24-40(25-21-38)50-41-26-30-43(31-27-41)51(48,49)42-28-22-39(47)23-29-42/h8-31,47H,1-7H3. The lowest BCUT2D eigenvalue weighted by atomic mass is 9.76. The van der Waals surface area contributed by atoms with Gasteiger partial charge in [-0.1, -0.05) is 133 Å². The fourth-order valence-electron chi connectivity index (χ4n) is 6.40. The van der Waals surface area contributed by atoms with Gasteiger partial charge in [-0.2, -0.15) is 0 Å². The molecule has 0 atom stereocenters. The molecule has 6 aromatic carbocycles. The van der Waals surface area contributed by atoms with Gasteiger partial charge in [0.15, 0.2) is 0 Å². The van der Waals surface area contributed by atoms with Crippen molar-refractivity contribution >= 4 is 9.84 Å². The minimum Gasteiger partial charge on any atom is -0.508 e. The van der Waals surface area contributed by atoms with Crippen LogP contribution in [0.3, 0.4) is 0 Å². The van der Waals surface area contributed by atoms with E-state index in [2.05, 4.69) is 133 Å². The van der Waals surface area contributed by atoms with E-state index in [9.17, 15) is 13.5 Å². The van der Waals surface area contributed by atoms with Crippen LogP contribution in [0.5, 0.6) is 17.2 Å². The Bertz CT molecular complexity index is 2210. The first-order valence-electron chi connectivity index (χ1n) is 17.3. The lowest BCUT2D eigenvalue weighted by molar-refractivity contribution is 0.475. The number of benzene rings is 6. The van der Waals surface area contributed by atoms with E-state index < -0.39 is 9.84 Å². The van der Waals surface area contributed by atoms with Crippen LogP contribution in [0.1, 0.15) is 76.3 Å². The van der Waals surface area contributed by atoms with E-state index in [-0.39, 0.29) is 31.8 Å².